The summed E-state index contributed by atoms with van der Waals surface area (Å²) in [5.41, 5.74) is 12.3. The van der Waals surface area contributed by atoms with E-state index in [2.05, 4.69) is 45.5 Å². The van der Waals surface area contributed by atoms with Gasteiger partial charge in [-0.1, -0.05) is 162 Å². The quantitative estimate of drug-likeness (QED) is 0.0974. The van der Waals surface area contributed by atoms with Crippen LogP contribution in [0.1, 0.15) is 43.0 Å². The molecule has 45 heavy (non-hydrogen) atoms. The normalized spacial score (nSPS) is 9.89. The van der Waals surface area contributed by atoms with E-state index in [0.717, 1.165) is 11.0 Å². The van der Waals surface area contributed by atoms with Gasteiger partial charge in [-0.15, -0.1) is 0 Å². The molecule has 0 aliphatic rings. The van der Waals surface area contributed by atoms with Gasteiger partial charge in [-0.25, -0.2) is 0 Å². The third-order valence-electron chi connectivity index (χ3n) is 6.77. The fourth-order valence-corrected chi connectivity index (χ4v) is 4.76. The van der Waals surface area contributed by atoms with E-state index in [-0.39, 0.29) is 11.6 Å². The van der Waals surface area contributed by atoms with E-state index in [0.29, 0.717) is 34.5 Å². The van der Waals surface area contributed by atoms with Crippen molar-refractivity contribution in [2.24, 2.45) is 0 Å². The number of hydrogen-bond acceptors (Lipinski definition) is 4. The Bertz CT molecular complexity index is 1760. The molecule has 0 saturated heterocycles. The lowest BCUT2D eigenvalue weighted by Gasteiger charge is -2.11. The Morgan fingerprint density at radius 3 is 1.38 bits per heavy atom. The van der Waals surface area contributed by atoms with E-state index in [1.807, 2.05) is 121 Å². The van der Waals surface area contributed by atoms with Crippen molar-refractivity contribution in [2.75, 3.05) is 11.1 Å². The topological polar surface area (TPSA) is 72.2 Å². The van der Waals surface area contributed by atoms with Crippen LogP contribution in [-0.4, -0.2) is 11.6 Å². The number of alkyl halides is 1. The van der Waals surface area contributed by atoms with E-state index in [4.69, 9.17) is 5.73 Å². The molecule has 0 heterocycles. The van der Waals surface area contributed by atoms with Crippen molar-refractivity contribution in [1.82, 2.24) is 0 Å². The van der Waals surface area contributed by atoms with E-state index in [1.165, 1.54) is 11.1 Å². The Labute approximate surface area is 273 Å². The van der Waals surface area contributed by atoms with Gasteiger partial charge in [-0.2, -0.15) is 0 Å². The van der Waals surface area contributed by atoms with Gasteiger partial charge < -0.3 is 11.1 Å². The Morgan fingerprint density at radius 1 is 0.489 bits per heavy atom. The van der Waals surface area contributed by atoms with Crippen LogP contribution in [0.3, 0.4) is 0 Å². The molecule has 0 amide bonds. The highest BCUT2D eigenvalue weighted by Gasteiger charge is 2.13. The number of carbonyl (C=O) groups is 2. The number of halogens is 1. The van der Waals surface area contributed by atoms with Crippen LogP contribution in [0.4, 0.5) is 11.4 Å². The second kappa shape index (κ2) is 17.8. The Kier molecular flexibility index (Phi) is 12.9. The fraction of sp³-hybridized carbons (Fsp3) is 0.0500. The molecule has 6 aromatic carbocycles. The highest BCUT2D eigenvalue weighted by Crippen LogP contribution is 2.20. The number of nitrogens with one attached hydrogen (secondary N) is 1. The Morgan fingerprint density at radius 2 is 0.889 bits per heavy atom. The molecule has 3 N–H and O–H groups in total. The lowest BCUT2D eigenvalue weighted by molar-refractivity contribution is 0.103. The maximum Gasteiger partial charge on any atom is 0.195 e. The van der Waals surface area contributed by atoms with Crippen molar-refractivity contribution < 1.29 is 9.59 Å². The summed E-state index contributed by atoms with van der Waals surface area (Å²) < 4.78 is 0. The molecule has 6 rings (SSSR count). The van der Waals surface area contributed by atoms with Crippen LogP contribution in [0.25, 0.3) is 0 Å². The number of benzene rings is 6. The van der Waals surface area contributed by atoms with Gasteiger partial charge >= 0.3 is 0 Å². The van der Waals surface area contributed by atoms with E-state index >= 15 is 0 Å². The Hall–Kier alpha value is -5.26. The number of hydrogen-bond donors (Lipinski definition) is 2. The van der Waals surface area contributed by atoms with Gasteiger partial charge in [0, 0.05) is 45.5 Å². The molecule has 0 fully saturated rings. The minimum absolute atomic E-state index is 0.0336. The molecule has 0 aliphatic heterocycles. The van der Waals surface area contributed by atoms with Crippen LogP contribution >= 0.6 is 15.9 Å². The van der Waals surface area contributed by atoms with E-state index in [1.54, 1.807) is 24.3 Å². The number of para-hydroxylation sites is 2. The first-order chi connectivity index (χ1) is 22.1. The zero-order chi connectivity index (χ0) is 31.7. The van der Waals surface area contributed by atoms with Crippen molar-refractivity contribution in [3.63, 3.8) is 0 Å². The van der Waals surface area contributed by atoms with E-state index < -0.39 is 0 Å². The molecule has 0 aliphatic carbocycles. The molecule has 6 aromatic rings. The number of rotatable bonds is 8. The van der Waals surface area contributed by atoms with Crippen LogP contribution in [-0.2, 0) is 11.9 Å². The molecule has 5 heteroatoms. The molecular weight excluding hydrogens is 620 g/mol. The van der Waals surface area contributed by atoms with Crippen molar-refractivity contribution in [3.8, 4) is 0 Å². The summed E-state index contributed by atoms with van der Waals surface area (Å²) in [7, 11) is 0. The first-order valence-electron chi connectivity index (χ1n) is 14.6. The van der Waals surface area contributed by atoms with E-state index in [9.17, 15) is 9.59 Å². The monoisotopic (exact) mass is 654 g/mol. The number of nitrogen functional groups attached to an aromatic ring is 1. The van der Waals surface area contributed by atoms with Crippen LogP contribution in [0, 0.1) is 0 Å². The Balaban J connectivity index is 0.000000172. The van der Waals surface area contributed by atoms with Crippen LogP contribution < -0.4 is 11.1 Å². The smallest absolute Gasteiger partial charge is 0.195 e. The van der Waals surface area contributed by atoms with Gasteiger partial charge in [0.1, 0.15) is 0 Å². The average Bonchev–Trinajstić information content (AvgIpc) is 3.12. The molecule has 0 saturated carbocycles. The van der Waals surface area contributed by atoms with Gasteiger partial charge in [0.25, 0.3) is 0 Å². The zero-order valence-corrected chi connectivity index (χ0v) is 26.4. The minimum Gasteiger partial charge on any atom is -0.398 e. The molecule has 224 valence electrons. The summed E-state index contributed by atoms with van der Waals surface area (Å²) in [4.78, 5) is 24.6. The summed E-state index contributed by atoms with van der Waals surface area (Å²) in [5.74, 6) is 0.00506. The second-order valence-electron chi connectivity index (χ2n) is 9.98. The summed E-state index contributed by atoms with van der Waals surface area (Å²) in [6.07, 6.45) is 0. The largest absolute Gasteiger partial charge is 0.398 e. The summed E-state index contributed by atoms with van der Waals surface area (Å²) in [5, 5.41) is 4.31. The standard InChI is InChI=1S/C20H17NO.C13H11NO.C7H7Br/c22-20(17-11-5-2-6-12-17)18-13-7-8-14-19(18)21-15-16-9-3-1-4-10-16;14-12-9-5-4-8-11(12)13(15)10-6-2-1-3-7-10;8-6-7-4-2-1-3-5-7/h1-14,21H,15H2;1-9H,14H2;1-5H,6H2. The van der Waals surface area contributed by atoms with Crippen molar-refractivity contribution in [2.45, 2.75) is 11.9 Å². The predicted octanol–water partition coefficient (Wildman–Crippen LogP) is 9.61. The minimum atomic E-state index is -0.0336. The first-order valence-corrected chi connectivity index (χ1v) is 15.7. The summed E-state index contributed by atoms with van der Waals surface area (Å²) in [6, 6.07) is 53.7. The maximum absolute atomic E-state index is 12.6. The number of carbonyl (C=O) groups excluding carboxylic acids is 2. The molecule has 4 nitrogen and oxygen atoms in total. The molecule has 0 spiro atoms. The van der Waals surface area contributed by atoms with Gasteiger partial charge in [0.05, 0.1) is 0 Å². The highest BCUT2D eigenvalue weighted by atomic mass is 79.9. The molecule has 0 unspecified atom stereocenters. The highest BCUT2D eigenvalue weighted by molar-refractivity contribution is 9.08. The predicted molar refractivity (Wildman–Crippen MR) is 190 cm³/mol. The molecule has 0 aromatic heterocycles. The fourth-order valence-electron chi connectivity index (χ4n) is 4.39. The van der Waals surface area contributed by atoms with Crippen LogP contribution in [0.5, 0.6) is 0 Å². The van der Waals surface area contributed by atoms with Gasteiger partial charge in [0.15, 0.2) is 11.6 Å². The summed E-state index contributed by atoms with van der Waals surface area (Å²) >= 11 is 3.36. The second-order valence-corrected chi connectivity index (χ2v) is 10.5. The first kappa shape index (κ1) is 32.6. The number of nitrogens with two attached hydrogens (primary N) is 1. The van der Waals surface area contributed by atoms with Crippen LogP contribution in [0.15, 0.2) is 170 Å². The third kappa shape index (κ3) is 10.2. The SMILES string of the molecule is BrCc1ccccc1.Nc1ccccc1C(=O)c1ccccc1.O=C(c1ccccc1)c1ccccc1NCc1ccccc1. The van der Waals surface area contributed by atoms with Crippen molar-refractivity contribution in [1.29, 1.82) is 0 Å². The van der Waals surface area contributed by atoms with Crippen molar-refractivity contribution >= 4 is 38.9 Å². The summed E-state index contributed by atoms with van der Waals surface area (Å²) in [6.45, 7) is 0.694. The molecular formula is C40H35BrN2O2. The van der Waals surface area contributed by atoms with Gasteiger partial charge in [-0.05, 0) is 35.4 Å². The number of anilines is 2. The maximum atomic E-state index is 12.6. The zero-order valence-electron chi connectivity index (χ0n) is 24.9. The van der Waals surface area contributed by atoms with Gasteiger partial charge in [-0.3, -0.25) is 9.59 Å². The van der Waals surface area contributed by atoms with Gasteiger partial charge in [0.2, 0.25) is 0 Å². The molecule has 0 atom stereocenters. The lowest BCUT2D eigenvalue weighted by atomic mass is 10.0. The third-order valence-corrected chi connectivity index (χ3v) is 7.42. The lowest BCUT2D eigenvalue weighted by Crippen LogP contribution is -2.07. The molecule has 0 radical (unpaired) electrons. The average molecular weight is 656 g/mol. The number of ketones is 2. The van der Waals surface area contributed by atoms with Crippen LogP contribution in [0.2, 0.25) is 0 Å². The molecule has 0 bridgehead atoms. The van der Waals surface area contributed by atoms with Crippen molar-refractivity contribution in [3.05, 3.63) is 203 Å².